The second kappa shape index (κ2) is 8.31. The number of hydrogen-bond donors (Lipinski definition) is 1. The van der Waals surface area contributed by atoms with Crippen molar-refractivity contribution in [2.75, 3.05) is 0 Å². The van der Waals surface area contributed by atoms with E-state index in [1.807, 2.05) is 0 Å². The molecule has 0 saturated carbocycles. The average molecular weight is 328 g/mol. The summed E-state index contributed by atoms with van der Waals surface area (Å²) >= 11 is 0. The van der Waals surface area contributed by atoms with Crippen molar-refractivity contribution in [2.24, 2.45) is 4.52 Å². The van der Waals surface area contributed by atoms with E-state index in [2.05, 4.69) is 32.5 Å². The van der Waals surface area contributed by atoms with Crippen LogP contribution in [0.25, 0.3) is 0 Å². The van der Waals surface area contributed by atoms with Gasteiger partial charge in [-0.15, -0.1) is 0 Å². The van der Waals surface area contributed by atoms with Crippen molar-refractivity contribution in [3.05, 3.63) is 11.8 Å². The zero-order valence-corrected chi connectivity index (χ0v) is 12.2. The van der Waals surface area contributed by atoms with Gasteiger partial charge in [-0.1, -0.05) is 9.39 Å². The molecule has 1 aliphatic carbocycles. The lowest BCUT2D eigenvalue weighted by molar-refractivity contribution is -0.379. The van der Waals surface area contributed by atoms with E-state index in [1.165, 1.54) is 6.08 Å². The fourth-order valence-corrected chi connectivity index (χ4v) is 1.83. The number of allylic oxidation sites excluding steroid dienone is 2. The highest BCUT2D eigenvalue weighted by Crippen LogP contribution is 2.39. The lowest BCUT2D eigenvalue weighted by Gasteiger charge is -2.20. The highest BCUT2D eigenvalue weighted by Gasteiger charge is 2.61. The molecule has 1 aliphatic rings. The van der Waals surface area contributed by atoms with Gasteiger partial charge in [-0.3, -0.25) is 4.86 Å². The van der Waals surface area contributed by atoms with E-state index in [0.717, 1.165) is 0 Å². The Kier molecular flexibility index (Phi) is 8.37. The van der Waals surface area contributed by atoms with E-state index in [0.29, 0.717) is 21.7 Å². The van der Waals surface area contributed by atoms with Crippen LogP contribution in [0.1, 0.15) is 19.3 Å². The van der Waals surface area contributed by atoms with Gasteiger partial charge in [0.05, 0.1) is 14.6 Å². The predicted molar refractivity (Wildman–Crippen MR) is 65.9 cm³/mol. The summed E-state index contributed by atoms with van der Waals surface area (Å²) in [5, 5.41) is 0. The molecule has 106 valence electrons. The summed E-state index contributed by atoms with van der Waals surface area (Å²) in [7, 11) is 5.70. The Labute approximate surface area is 107 Å². The molecule has 0 aromatic carbocycles. The van der Waals surface area contributed by atoms with Crippen LogP contribution in [0, 0.1) is 0 Å². The van der Waals surface area contributed by atoms with Gasteiger partial charge < -0.3 is 4.74 Å². The van der Waals surface area contributed by atoms with Gasteiger partial charge in [0.25, 0.3) is 0 Å². The quantitative estimate of drug-likeness (QED) is 0.612. The van der Waals surface area contributed by atoms with Crippen molar-refractivity contribution in [2.45, 2.75) is 31.5 Å². The Morgan fingerprint density at radius 1 is 1.39 bits per heavy atom. The molecule has 2 unspecified atom stereocenters. The minimum atomic E-state index is -5.64. The van der Waals surface area contributed by atoms with Crippen LogP contribution in [0.5, 0.6) is 0 Å². The van der Waals surface area contributed by atoms with Gasteiger partial charge in [0.2, 0.25) is 0 Å². The number of rotatable bonds is 4. The molecule has 0 fully saturated rings. The fourth-order valence-electron chi connectivity index (χ4n) is 0.989. The van der Waals surface area contributed by atoms with E-state index >= 15 is 0 Å². The zero-order valence-electron chi connectivity index (χ0n) is 9.02. The third kappa shape index (κ3) is 6.89. The second-order valence-electron chi connectivity index (χ2n) is 3.05. The molecule has 3 nitrogen and oxygen atoms in total. The highest BCUT2D eigenvalue weighted by molar-refractivity contribution is 7.46. The summed E-state index contributed by atoms with van der Waals surface area (Å²) in [6.07, 6.45) is -8.27. The molecule has 0 heterocycles. The smallest absolute Gasteiger partial charge is 0.431 e. The largest absolute Gasteiger partial charge is 0.498 e. The Bertz CT molecular complexity index is 297. The Morgan fingerprint density at radius 3 is 2.28 bits per heavy atom. The summed E-state index contributed by atoms with van der Waals surface area (Å²) in [5.41, 5.74) is 0. The van der Waals surface area contributed by atoms with E-state index in [1.54, 1.807) is 0 Å². The SMILES string of the molecule is FC(F)(F)C(F)(F)OC1=CCCC1.P=NPNP. The molecule has 2 atom stereocenters. The highest BCUT2D eigenvalue weighted by atomic mass is 31.1. The first-order chi connectivity index (χ1) is 8.24. The lowest BCUT2D eigenvalue weighted by Crippen LogP contribution is -2.38. The molecule has 0 spiro atoms. The summed E-state index contributed by atoms with van der Waals surface area (Å²) in [4.78, 5) is 2.75. The second-order valence-corrected chi connectivity index (χ2v) is 5.32. The van der Waals surface area contributed by atoms with E-state index in [9.17, 15) is 22.0 Å². The first-order valence-corrected chi connectivity index (χ1v) is 6.61. The van der Waals surface area contributed by atoms with Gasteiger partial charge in [-0.2, -0.15) is 22.0 Å². The first-order valence-electron chi connectivity index (χ1n) is 4.64. The topological polar surface area (TPSA) is 33.6 Å². The molecule has 11 heteroatoms. The molecule has 0 aliphatic heterocycles. The number of nitrogens with one attached hydrogen (secondary N) is 1. The molecular weight excluding hydrogens is 316 g/mol. The van der Waals surface area contributed by atoms with Crippen molar-refractivity contribution in [3.8, 4) is 0 Å². The van der Waals surface area contributed by atoms with Crippen molar-refractivity contribution >= 4 is 27.3 Å². The Morgan fingerprint density at radius 2 is 2.00 bits per heavy atom. The predicted octanol–water partition coefficient (Wildman–Crippen LogP) is 4.43. The molecule has 0 bridgehead atoms. The van der Waals surface area contributed by atoms with Crippen LogP contribution in [0.2, 0.25) is 0 Å². The Hall–Kier alpha value is 0.110. The maximum Gasteiger partial charge on any atom is 0.498 e. The summed E-state index contributed by atoms with van der Waals surface area (Å²) in [5.74, 6) is -0.276. The molecule has 1 rings (SSSR count). The molecule has 0 radical (unpaired) electrons. The molecule has 0 amide bonds. The van der Waals surface area contributed by atoms with Gasteiger partial charge in [0.15, 0.2) is 0 Å². The van der Waals surface area contributed by atoms with Crippen molar-refractivity contribution in [1.29, 1.82) is 0 Å². The van der Waals surface area contributed by atoms with Crippen LogP contribution in [0.15, 0.2) is 16.4 Å². The molecular formula is C7H12F5N2OP3. The van der Waals surface area contributed by atoms with Crippen LogP contribution >= 0.6 is 27.3 Å². The molecule has 0 aromatic rings. The molecule has 0 aromatic heterocycles. The normalized spacial score (nSPS) is 16.2. The number of hydrogen-bond acceptors (Lipinski definition) is 3. The summed E-state index contributed by atoms with van der Waals surface area (Å²) < 4.78 is 66.3. The van der Waals surface area contributed by atoms with Gasteiger partial charge in [0, 0.05) is 6.42 Å². The molecule has 1 N–H and O–H groups in total. The van der Waals surface area contributed by atoms with Crippen molar-refractivity contribution < 1.29 is 26.7 Å². The van der Waals surface area contributed by atoms with E-state index in [-0.39, 0.29) is 12.2 Å². The molecule has 18 heavy (non-hydrogen) atoms. The number of nitrogens with zero attached hydrogens (tertiary/aromatic N) is 1. The van der Waals surface area contributed by atoms with Gasteiger partial charge in [-0.05, 0) is 27.9 Å². The van der Waals surface area contributed by atoms with Crippen LogP contribution in [-0.4, -0.2) is 12.3 Å². The van der Waals surface area contributed by atoms with Crippen LogP contribution in [-0.2, 0) is 4.74 Å². The van der Waals surface area contributed by atoms with Crippen LogP contribution in [0.4, 0.5) is 22.0 Å². The first kappa shape index (κ1) is 18.1. The maximum atomic E-state index is 12.2. The van der Waals surface area contributed by atoms with Crippen LogP contribution < -0.4 is 4.86 Å². The average Bonchev–Trinajstić information content (AvgIpc) is 2.70. The van der Waals surface area contributed by atoms with Gasteiger partial charge in [0.1, 0.15) is 0 Å². The van der Waals surface area contributed by atoms with Gasteiger partial charge >= 0.3 is 12.3 Å². The third-order valence-corrected chi connectivity index (χ3v) is 2.67. The maximum absolute atomic E-state index is 12.2. The van der Waals surface area contributed by atoms with Crippen LogP contribution in [0.3, 0.4) is 0 Å². The summed E-state index contributed by atoms with van der Waals surface area (Å²) in [6, 6.07) is 0. The number of ether oxygens (including phenoxy) is 1. The van der Waals surface area contributed by atoms with E-state index < -0.39 is 12.3 Å². The lowest BCUT2D eigenvalue weighted by atomic mass is 10.4. The monoisotopic (exact) mass is 328 g/mol. The zero-order chi connectivity index (χ0) is 14.2. The standard InChI is InChI=1S/C7H7F5O.H5N2P3/c8-6(9,10)7(11,12)13-5-3-1-2-4-5;3-1-5-2-4/h3H,1-2,4H2;1,4-5H,3H2. The van der Waals surface area contributed by atoms with Crippen molar-refractivity contribution in [1.82, 2.24) is 4.86 Å². The fraction of sp³-hybridized carbons (Fsp3) is 0.714. The number of halogens is 5. The Balaban J connectivity index is 0.000000494. The minimum Gasteiger partial charge on any atom is -0.431 e. The summed E-state index contributed by atoms with van der Waals surface area (Å²) in [6.45, 7) is 0. The minimum absolute atomic E-state index is 0.145. The van der Waals surface area contributed by atoms with Crippen molar-refractivity contribution in [3.63, 3.8) is 0 Å². The molecule has 0 saturated heterocycles. The van der Waals surface area contributed by atoms with E-state index in [4.69, 9.17) is 0 Å². The number of alkyl halides is 5. The van der Waals surface area contributed by atoms with Gasteiger partial charge in [-0.25, -0.2) is 4.52 Å². The third-order valence-electron chi connectivity index (χ3n) is 1.71.